The molecule has 0 aromatic heterocycles. The van der Waals surface area contributed by atoms with Crippen LogP contribution in [0, 0.1) is 16.7 Å². The summed E-state index contributed by atoms with van der Waals surface area (Å²) in [6, 6.07) is 2.14. The number of amides is 2. The summed E-state index contributed by atoms with van der Waals surface area (Å²) >= 11 is 0. The van der Waals surface area contributed by atoms with Crippen molar-refractivity contribution < 1.29 is 14.3 Å². The van der Waals surface area contributed by atoms with Crippen molar-refractivity contribution in [1.82, 2.24) is 10.2 Å². The van der Waals surface area contributed by atoms with Crippen molar-refractivity contribution in [2.45, 2.75) is 32.7 Å². The molecule has 6 nitrogen and oxygen atoms in total. The average molecular weight is 267 g/mol. The maximum atomic E-state index is 12.3. The Hall–Kier alpha value is -1.61. The molecule has 1 N–H and O–H groups in total. The minimum atomic E-state index is -1.04. The molecule has 1 heterocycles. The molecule has 0 unspecified atom stereocenters. The molecular weight excluding hydrogens is 246 g/mol. The van der Waals surface area contributed by atoms with Gasteiger partial charge in [0.15, 0.2) is 0 Å². The van der Waals surface area contributed by atoms with Gasteiger partial charge in [-0.3, -0.25) is 9.59 Å². The summed E-state index contributed by atoms with van der Waals surface area (Å²) < 4.78 is 5.19. The second-order valence-electron chi connectivity index (χ2n) is 5.19. The standard InChI is InChI=1S/C13H21N3O3/c1-10(2)15-11(17)8-16(3)12(18)13(9-14)4-6-19-7-5-13/h10H,4-8H2,1-3H3,(H,15,17). The van der Waals surface area contributed by atoms with Gasteiger partial charge in [-0.2, -0.15) is 5.26 Å². The minimum Gasteiger partial charge on any atom is -0.381 e. The van der Waals surface area contributed by atoms with Gasteiger partial charge in [-0.1, -0.05) is 0 Å². The first kappa shape index (κ1) is 15.4. The first-order chi connectivity index (χ1) is 8.91. The molecule has 106 valence electrons. The van der Waals surface area contributed by atoms with E-state index < -0.39 is 5.41 Å². The van der Waals surface area contributed by atoms with E-state index in [1.807, 2.05) is 13.8 Å². The maximum Gasteiger partial charge on any atom is 0.243 e. The van der Waals surface area contributed by atoms with Crippen LogP contribution < -0.4 is 5.32 Å². The number of ether oxygens (including phenoxy) is 1. The van der Waals surface area contributed by atoms with Gasteiger partial charge in [-0.25, -0.2) is 0 Å². The van der Waals surface area contributed by atoms with Crippen molar-refractivity contribution in [1.29, 1.82) is 5.26 Å². The number of carbonyl (C=O) groups is 2. The van der Waals surface area contributed by atoms with Gasteiger partial charge in [0.05, 0.1) is 12.6 Å². The molecule has 0 spiro atoms. The van der Waals surface area contributed by atoms with E-state index in [-0.39, 0.29) is 24.4 Å². The van der Waals surface area contributed by atoms with Crippen LogP contribution in [0.4, 0.5) is 0 Å². The normalized spacial score (nSPS) is 17.6. The van der Waals surface area contributed by atoms with Crippen molar-refractivity contribution in [3.05, 3.63) is 0 Å². The van der Waals surface area contributed by atoms with E-state index in [0.29, 0.717) is 26.1 Å². The van der Waals surface area contributed by atoms with Crippen LogP contribution in [0.3, 0.4) is 0 Å². The number of likely N-dealkylation sites (N-methyl/N-ethyl adjacent to an activating group) is 1. The SMILES string of the molecule is CC(C)NC(=O)CN(C)C(=O)C1(C#N)CCOCC1. The summed E-state index contributed by atoms with van der Waals surface area (Å²) in [4.78, 5) is 25.3. The summed E-state index contributed by atoms with van der Waals surface area (Å²) in [5, 5.41) is 12.0. The van der Waals surface area contributed by atoms with Crippen LogP contribution >= 0.6 is 0 Å². The Balaban J connectivity index is 2.65. The van der Waals surface area contributed by atoms with Crippen LogP contribution in [-0.4, -0.2) is 49.6 Å². The highest BCUT2D eigenvalue weighted by Crippen LogP contribution is 2.31. The fraction of sp³-hybridized carbons (Fsp3) is 0.769. The highest BCUT2D eigenvalue weighted by atomic mass is 16.5. The fourth-order valence-electron chi connectivity index (χ4n) is 2.11. The molecule has 1 rings (SSSR count). The van der Waals surface area contributed by atoms with E-state index in [1.54, 1.807) is 7.05 Å². The van der Waals surface area contributed by atoms with Crippen LogP contribution in [0.5, 0.6) is 0 Å². The Morgan fingerprint density at radius 3 is 2.47 bits per heavy atom. The Morgan fingerprint density at radius 2 is 2.00 bits per heavy atom. The zero-order chi connectivity index (χ0) is 14.5. The summed E-state index contributed by atoms with van der Waals surface area (Å²) in [6.45, 7) is 4.50. The number of hydrogen-bond donors (Lipinski definition) is 1. The zero-order valence-corrected chi connectivity index (χ0v) is 11.7. The monoisotopic (exact) mass is 267 g/mol. The van der Waals surface area contributed by atoms with Crippen LogP contribution in [0.15, 0.2) is 0 Å². The summed E-state index contributed by atoms with van der Waals surface area (Å²) in [5.74, 6) is -0.511. The third-order valence-corrected chi connectivity index (χ3v) is 3.15. The fourth-order valence-corrected chi connectivity index (χ4v) is 2.11. The average Bonchev–Trinajstić information content (AvgIpc) is 2.37. The molecule has 1 saturated heterocycles. The lowest BCUT2D eigenvalue weighted by Gasteiger charge is -2.32. The van der Waals surface area contributed by atoms with Gasteiger partial charge in [0, 0.05) is 26.3 Å². The molecule has 19 heavy (non-hydrogen) atoms. The van der Waals surface area contributed by atoms with Gasteiger partial charge in [-0.15, -0.1) is 0 Å². The summed E-state index contributed by atoms with van der Waals surface area (Å²) in [5.41, 5.74) is -1.04. The molecule has 0 aromatic carbocycles. The molecule has 0 radical (unpaired) electrons. The first-order valence-electron chi connectivity index (χ1n) is 6.45. The molecular formula is C13H21N3O3. The lowest BCUT2D eigenvalue weighted by Crippen LogP contribution is -2.48. The van der Waals surface area contributed by atoms with E-state index in [1.165, 1.54) is 4.90 Å². The molecule has 2 amide bonds. The first-order valence-corrected chi connectivity index (χ1v) is 6.45. The number of hydrogen-bond acceptors (Lipinski definition) is 4. The molecule has 1 aliphatic heterocycles. The molecule has 0 saturated carbocycles. The van der Waals surface area contributed by atoms with Crippen molar-refractivity contribution in [2.75, 3.05) is 26.8 Å². The molecule has 1 fully saturated rings. The van der Waals surface area contributed by atoms with E-state index in [2.05, 4.69) is 11.4 Å². The van der Waals surface area contributed by atoms with E-state index in [4.69, 9.17) is 4.74 Å². The Bertz CT molecular complexity index is 381. The molecule has 0 atom stereocenters. The van der Waals surface area contributed by atoms with Gasteiger partial charge < -0.3 is 15.0 Å². The molecule has 0 aromatic rings. The van der Waals surface area contributed by atoms with Crippen molar-refractivity contribution in [3.63, 3.8) is 0 Å². The second-order valence-corrected chi connectivity index (χ2v) is 5.19. The van der Waals surface area contributed by atoms with Crippen LogP contribution in [0.25, 0.3) is 0 Å². The largest absolute Gasteiger partial charge is 0.381 e. The topological polar surface area (TPSA) is 82.4 Å². The Labute approximate surface area is 113 Å². The van der Waals surface area contributed by atoms with Gasteiger partial charge in [0.25, 0.3) is 0 Å². The smallest absolute Gasteiger partial charge is 0.243 e. The summed E-state index contributed by atoms with van der Waals surface area (Å²) in [6.07, 6.45) is 0.775. The van der Waals surface area contributed by atoms with E-state index >= 15 is 0 Å². The third kappa shape index (κ3) is 3.93. The van der Waals surface area contributed by atoms with E-state index in [0.717, 1.165) is 0 Å². The highest BCUT2D eigenvalue weighted by molar-refractivity contribution is 5.89. The van der Waals surface area contributed by atoms with E-state index in [9.17, 15) is 14.9 Å². The number of carbonyl (C=O) groups excluding carboxylic acids is 2. The van der Waals surface area contributed by atoms with Gasteiger partial charge in [-0.05, 0) is 26.7 Å². The van der Waals surface area contributed by atoms with Gasteiger partial charge in [0.1, 0.15) is 5.41 Å². The molecule has 0 bridgehead atoms. The predicted molar refractivity (Wildman–Crippen MR) is 69.0 cm³/mol. The lowest BCUT2D eigenvalue weighted by molar-refractivity contribution is -0.144. The van der Waals surface area contributed by atoms with Crippen molar-refractivity contribution in [3.8, 4) is 6.07 Å². The van der Waals surface area contributed by atoms with Crippen LogP contribution in [-0.2, 0) is 14.3 Å². The van der Waals surface area contributed by atoms with Gasteiger partial charge in [0.2, 0.25) is 11.8 Å². The van der Waals surface area contributed by atoms with Gasteiger partial charge >= 0.3 is 0 Å². The zero-order valence-electron chi connectivity index (χ0n) is 11.7. The number of rotatable bonds is 4. The number of nitrogens with zero attached hydrogens (tertiary/aromatic N) is 2. The predicted octanol–water partition coefficient (Wildman–Crippen LogP) is 0.290. The lowest BCUT2D eigenvalue weighted by atomic mass is 9.80. The quantitative estimate of drug-likeness (QED) is 0.793. The van der Waals surface area contributed by atoms with Crippen LogP contribution in [0.2, 0.25) is 0 Å². The van der Waals surface area contributed by atoms with Crippen molar-refractivity contribution in [2.24, 2.45) is 5.41 Å². The maximum absolute atomic E-state index is 12.3. The number of nitriles is 1. The Kier molecular flexibility index (Phi) is 5.31. The summed E-state index contributed by atoms with van der Waals surface area (Å²) in [7, 11) is 1.55. The minimum absolute atomic E-state index is 0.0265. The molecule has 6 heteroatoms. The third-order valence-electron chi connectivity index (χ3n) is 3.15. The van der Waals surface area contributed by atoms with Crippen molar-refractivity contribution >= 4 is 11.8 Å². The number of nitrogens with one attached hydrogen (secondary N) is 1. The molecule has 0 aliphatic carbocycles. The molecule has 1 aliphatic rings. The van der Waals surface area contributed by atoms with Crippen LogP contribution in [0.1, 0.15) is 26.7 Å². The second kappa shape index (κ2) is 6.53. The highest BCUT2D eigenvalue weighted by Gasteiger charge is 2.42. The Morgan fingerprint density at radius 1 is 1.42 bits per heavy atom.